The molecule has 72 valence electrons. The predicted octanol–water partition coefficient (Wildman–Crippen LogP) is 1.68. The fraction of sp³-hybridized carbons (Fsp3) is 0.875. The summed E-state index contributed by atoms with van der Waals surface area (Å²) in [5.74, 6) is 0.120. The van der Waals surface area contributed by atoms with Crippen LogP contribution in [0.4, 0.5) is 0 Å². The Hall–Kier alpha value is -1.06. The molecule has 1 aliphatic heterocycles. The highest BCUT2D eigenvalue weighted by Gasteiger charge is 2.34. The number of hydrogen-bond donors (Lipinski definition) is 0. The standard InChI is InChI=1S/C8H13N3O2/c1-5(12)8-3-7(4-10-11-9)13-6(8)2/h6-8H,3-4H2,1-2H3. The molecule has 0 saturated carbocycles. The van der Waals surface area contributed by atoms with Crippen LogP contribution in [0.3, 0.4) is 0 Å². The van der Waals surface area contributed by atoms with Crippen molar-refractivity contribution in [2.45, 2.75) is 32.5 Å². The van der Waals surface area contributed by atoms with Crippen molar-refractivity contribution in [3.8, 4) is 0 Å². The molecule has 1 fully saturated rings. The first-order valence-corrected chi connectivity index (χ1v) is 4.32. The highest BCUT2D eigenvalue weighted by molar-refractivity contribution is 5.79. The molecule has 0 radical (unpaired) electrons. The molecule has 1 saturated heterocycles. The van der Waals surface area contributed by atoms with E-state index in [0.29, 0.717) is 13.0 Å². The molecular weight excluding hydrogens is 170 g/mol. The molecule has 3 atom stereocenters. The Morgan fingerprint density at radius 1 is 1.77 bits per heavy atom. The molecule has 1 aliphatic rings. The zero-order chi connectivity index (χ0) is 9.84. The molecule has 1 heterocycles. The van der Waals surface area contributed by atoms with Crippen molar-refractivity contribution in [2.75, 3.05) is 6.54 Å². The molecule has 5 heteroatoms. The van der Waals surface area contributed by atoms with Crippen LogP contribution in [0.1, 0.15) is 20.3 Å². The van der Waals surface area contributed by atoms with Crippen molar-refractivity contribution in [1.82, 2.24) is 0 Å². The predicted molar refractivity (Wildman–Crippen MR) is 47.1 cm³/mol. The SMILES string of the molecule is CC(=O)C1CC(CN=[N+]=[N-])OC1C. The Morgan fingerprint density at radius 3 is 2.92 bits per heavy atom. The van der Waals surface area contributed by atoms with Crippen molar-refractivity contribution in [2.24, 2.45) is 11.0 Å². The lowest BCUT2D eigenvalue weighted by Crippen LogP contribution is -2.18. The monoisotopic (exact) mass is 183 g/mol. The zero-order valence-corrected chi connectivity index (χ0v) is 7.80. The van der Waals surface area contributed by atoms with Gasteiger partial charge in [-0.25, -0.2) is 0 Å². The minimum absolute atomic E-state index is 0.0288. The van der Waals surface area contributed by atoms with E-state index in [-0.39, 0.29) is 23.9 Å². The van der Waals surface area contributed by atoms with Crippen LogP contribution in [0.5, 0.6) is 0 Å². The Morgan fingerprint density at radius 2 is 2.46 bits per heavy atom. The average Bonchev–Trinajstić information content (AvgIpc) is 2.43. The topological polar surface area (TPSA) is 75.1 Å². The van der Waals surface area contributed by atoms with Crippen molar-refractivity contribution in [1.29, 1.82) is 0 Å². The summed E-state index contributed by atoms with van der Waals surface area (Å²) in [4.78, 5) is 13.7. The second kappa shape index (κ2) is 4.25. The summed E-state index contributed by atoms with van der Waals surface area (Å²) in [6.07, 6.45) is 0.548. The van der Waals surface area contributed by atoms with Crippen molar-refractivity contribution >= 4 is 5.78 Å². The molecule has 0 aromatic heterocycles. The number of carbonyl (C=O) groups excluding carboxylic acids is 1. The number of ether oxygens (including phenoxy) is 1. The minimum atomic E-state index is -0.0835. The summed E-state index contributed by atoms with van der Waals surface area (Å²) in [6, 6.07) is 0. The molecule has 3 unspecified atom stereocenters. The summed E-state index contributed by atoms with van der Waals surface area (Å²) >= 11 is 0. The van der Waals surface area contributed by atoms with Crippen molar-refractivity contribution in [3.63, 3.8) is 0 Å². The third-order valence-corrected chi connectivity index (χ3v) is 2.36. The molecule has 0 aromatic carbocycles. The third kappa shape index (κ3) is 2.44. The first kappa shape index (κ1) is 10.0. The van der Waals surface area contributed by atoms with Gasteiger partial charge in [0, 0.05) is 10.8 Å². The molecule has 1 rings (SSSR count). The van der Waals surface area contributed by atoms with Crippen LogP contribution < -0.4 is 0 Å². The van der Waals surface area contributed by atoms with E-state index in [0.717, 1.165) is 0 Å². The van der Waals surface area contributed by atoms with E-state index in [2.05, 4.69) is 10.0 Å². The zero-order valence-electron chi connectivity index (χ0n) is 7.80. The van der Waals surface area contributed by atoms with Gasteiger partial charge in [-0.1, -0.05) is 5.11 Å². The second-order valence-corrected chi connectivity index (χ2v) is 3.33. The van der Waals surface area contributed by atoms with Gasteiger partial charge < -0.3 is 4.74 Å². The average molecular weight is 183 g/mol. The Kier molecular flexibility index (Phi) is 3.28. The van der Waals surface area contributed by atoms with Crippen molar-refractivity contribution in [3.05, 3.63) is 10.4 Å². The first-order valence-electron chi connectivity index (χ1n) is 4.32. The van der Waals surface area contributed by atoms with Gasteiger partial charge in [0.1, 0.15) is 5.78 Å². The lowest BCUT2D eigenvalue weighted by atomic mass is 9.96. The molecule has 0 bridgehead atoms. The quantitative estimate of drug-likeness (QED) is 0.379. The van der Waals surface area contributed by atoms with Crippen LogP contribution in [0.25, 0.3) is 10.4 Å². The number of ketones is 1. The number of azide groups is 1. The molecule has 0 amide bonds. The summed E-state index contributed by atoms with van der Waals surface area (Å²) < 4.78 is 5.45. The Balaban J connectivity index is 2.49. The van der Waals surface area contributed by atoms with Gasteiger partial charge in [-0.05, 0) is 25.8 Å². The highest BCUT2D eigenvalue weighted by Crippen LogP contribution is 2.27. The normalized spacial score (nSPS) is 32.6. The molecule has 13 heavy (non-hydrogen) atoms. The molecular formula is C8H13N3O2. The van der Waals surface area contributed by atoms with Crippen LogP contribution in [0.15, 0.2) is 5.11 Å². The Labute approximate surface area is 76.7 Å². The van der Waals surface area contributed by atoms with Crippen molar-refractivity contribution < 1.29 is 9.53 Å². The molecule has 0 spiro atoms. The summed E-state index contributed by atoms with van der Waals surface area (Å²) in [7, 11) is 0. The van der Waals surface area contributed by atoms with Crippen LogP contribution >= 0.6 is 0 Å². The fourth-order valence-corrected chi connectivity index (χ4v) is 1.67. The maximum atomic E-state index is 11.1. The van der Waals surface area contributed by atoms with E-state index < -0.39 is 0 Å². The largest absolute Gasteiger partial charge is 0.374 e. The lowest BCUT2D eigenvalue weighted by molar-refractivity contribution is -0.122. The summed E-state index contributed by atoms with van der Waals surface area (Å²) in [6.45, 7) is 3.77. The van der Waals surface area contributed by atoms with E-state index >= 15 is 0 Å². The Bertz CT molecular complexity index is 248. The number of Topliss-reactive ketones (excluding diaryl/α,β-unsaturated/α-hetero) is 1. The van der Waals surface area contributed by atoms with E-state index in [4.69, 9.17) is 10.3 Å². The van der Waals surface area contributed by atoms with E-state index in [1.807, 2.05) is 6.92 Å². The highest BCUT2D eigenvalue weighted by atomic mass is 16.5. The van der Waals surface area contributed by atoms with Gasteiger partial charge >= 0.3 is 0 Å². The van der Waals surface area contributed by atoms with Crippen LogP contribution in [0, 0.1) is 5.92 Å². The molecule has 0 aliphatic carbocycles. The molecule has 0 N–H and O–H groups in total. The number of hydrogen-bond acceptors (Lipinski definition) is 3. The van der Waals surface area contributed by atoms with Gasteiger partial charge in [0.05, 0.1) is 18.8 Å². The number of nitrogens with zero attached hydrogens (tertiary/aromatic N) is 3. The van der Waals surface area contributed by atoms with Crippen LogP contribution in [-0.2, 0) is 9.53 Å². The van der Waals surface area contributed by atoms with Gasteiger partial charge in [-0.3, -0.25) is 4.79 Å². The van der Waals surface area contributed by atoms with Gasteiger partial charge in [-0.2, -0.15) is 0 Å². The fourth-order valence-electron chi connectivity index (χ4n) is 1.67. The van der Waals surface area contributed by atoms with Crippen LogP contribution in [0.2, 0.25) is 0 Å². The van der Waals surface area contributed by atoms with Gasteiger partial charge in [-0.15, -0.1) is 0 Å². The maximum absolute atomic E-state index is 11.1. The lowest BCUT2D eigenvalue weighted by Gasteiger charge is -2.08. The summed E-state index contributed by atoms with van der Waals surface area (Å²) in [5.41, 5.74) is 8.10. The van der Waals surface area contributed by atoms with Crippen LogP contribution in [-0.4, -0.2) is 24.5 Å². The van der Waals surface area contributed by atoms with Gasteiger partial charge in [0.2, 0.25) is 0 Å². The third-order valence-electron chi connectivity index (χ3n) is 2.36. The van der Waals surface area contributed by atoms with E-state index in [1.165, 1.54) is 0 Å². The first-order chi connectivity index (χ1) is 6.15. The minimum Gasteiger partial charge on any atom is -0.374 e. The number of rotatable bonds is 3. The second-order valence-electron chi connectivity index (χ2n) is 3.33. The number of carbonyl (C=O) groups is 1. The molecule has 0 aromatic rings. The summed E-state index contributed by atoms with van der Waals surface area (Å²) in [5, 5.41) is 3.43. The van der Waals surface area contributed by atoms with E-state index in [1.54, 1.807) is 6.92 Å². The molecule has 5 nitrogen and oxygen atoms in total. The van der Waals surface area contributed by atoms with Gasteiger partial charge in [0.25, 0.3) is 0 Å². The smallest absolute Gasteiger partial charge is 0.135 e. The van der Waals surface area contributed by atoms with Gasteiger partial charge in [0.15, 0.2) is 0 Å². The van der Waals surface area contributed by atoms with E-state index in [9.17, 15) is 4.79 Å². The maximum Gasteiger partial charge on any atom is 0.135 e.